The highest BCUT2D eigenvalue weighted by molar-refractivity contribution is 5.82. The zero-order chi connectivity index (χ0) is 23.6. The number of rotatable bonds is 5. The molecule has 8 heteroatoms. The molecule has 7 nitrogen and oxygen atoms in total. The molecule has 1 aliphatic heterocycles. The second kappa shape index (κ2) is 9.37. The van der Waals surface area contributed by atoms with Gasteiger partial charge in [0.15, 0.2) is 0 Å². The second-order valence-corrected chi connectivity index (χ2v) is 9.74. The van der Waals surface area contributed by atoms with Crippen LogP contribution < -0.4 is 10.1 Å². The smallest absolute Gasteiger partial charge is 0.410 e. The molecule has 2 fully saturated rings. The summed E-state index contributed by atoms with van der Waals surface area (Å²) in [5.74, 6) is -0.565. The Morgan fingerprint density at radius 3 is 2.45 bits per heavy atom. The highest BCUT2D eigenvalue weighted by atomic mass is 19.1. The van der Waals surface area contributed by atoms with Crippen LogP contribution >= 0.6 is 0 Å². The molecule has 2 aliphatic rings. The molecule has 0 spiro atoms. The molecule has 2 amide bonds. The van der Waals surface area contributed by atoms with E-state index in [1.165, 1.54) is 12.3 Å². The van der Waals surface area contributed by atoms with E-state index in [4.69, 9.17) is 9.47 Å². The van der Waals surface area contributed by atoms with Crippen molar-refractivity contribution in [3.63, 3.8) is 0 Å². The van der Waals surface area contributed by atoms with Gasteiger partial charge >= 0.3 is 6.09 Å². The maximum absolute atomic E-state index is 13.2. The van der Waals surface area contributed by atoms with Gasteiger partial charge < -0.3 is 19.7 Å². The minimum Gasteiger partial charge on any atom is -0.489 e. The van der Waals surface area contributed by atoms with Gasteiger partial charge in [-0.15, -0.1) is 0 Å². The molecular formula is C25H30FN3O4. The number of aromatic nitrogens is 1. The average Bonchev–Trinajstić information content (AvgIpc) is 3.19. The first-order valence-corrected chi connectivity index (χ1v) is 11.3. The van der Waals surface area contributed by atoms with E-state index in [1.54, 1.807) is 11.0 Å². The van der Waals surface area contributed by atoms with Gasteiger partial charge in [0.05, 0.1) is 12.1 Å². The van der Waals surface area contributed by atoms with Crippen LogP contribution in [0, 0.1) is 11.9 Å². The predicted molar refractivity (Wildman–Crippen MR) is 120 cm³/mol. The van der Waals surface area contributed by atoms with Crippen molar-refractivity contribution in [3.8, 4) is 5.75 Å². The molecule has 1 N–H and O–H groups in total. The Balaban J connectivity index is 1.36. The van der Waals surface area contributed by atoms with Crippen LogP contribution in [0.25, 0.3) is 0 Å². The molecule has 1 aromatic heterocycles. The van der Waals surface area contributed by atoms with Gasteiger partial charge in [-0.3, -0.25) is 4.79 Å². The first kappa shape index (κ1) is 23.0. The van der Waals surface area contributed by atoms with Crippen LogP contribution in [-0.4, -0.2) is 52.7 Å². The van der Waals surface area contributed by atoms with Gasteiger partial charge in [-0.2, -0.15) is 4.39 Å². The molecule has 176 valence electrons. The second-order valence-electron chi connectivity index (χ2n) is 9.74. The highest BCUT2D eigenvalue weighted by Gasteiger charge is 2.43. The van der Waals surface area contributed by atoms with Gasteiger partial charge in [0, 0.05) is 37.9 Å². The number of carbonyl (C=O) groups excluding carboxylic acids is 2. The number of likely N-dealkylation sites (tertiary alicyclic amines) is 1. The van der Waals surface area contributed by atoms with Crippen LogP contribution in [0.5, 0.6) is 5.75 Å². The first-order valence-electron chi connectivity index (χ1n) is 11.3. The molecule has 33 heavy (non-hydrogen) atoms. The van der Waals surface area contributed by atoms with E-state index in [-0.39, 0.29) is 29.9 Å². The Labute approximate surface area is 193 Å². The van der Waals surface area contributed by atoms with Crippen molar-refractivity contribution < 1.29 is 23.5 Å². The Bertz CT molecular complexity index is 971. The molecule has 1 saturated heterocycles. The highest BCUT2D eigenvalue weighted by Crippen LogP contribution is 2.35. The lowest BCUT2D eigenvalue weighted by Gasteiger charge is -2.36. The number of pyridine rings is 1. The summed E-state index contributed by atoms with van der Waals surface area (Å²) in [7, 11) is 0. The molecule has 0 bridgehead atoms. The zero-order valence-corrected chi connectivity index (χ0v) is 19.2. The van der Waals surface area contributed by atoms with Crippen molar-refractivity contribution in [2.75, 3.05) is 13.1 Å². The lowest BCUT2D eigenvalue weighted by atomic mass is 9.85. The SMILES string of the molecule is CC(C)(C)OC(=O)N1C[C@@H](C(=O)NC2CC(Oc3ccc(F)nc3)C2)[C@H](c2ccccc2)C1. The number of benzene rings is 1. The summed E-state index contributed by atoms with van der Waals surface area (Å²) >= 11 is 0. The molecule has 1 aromatic carbocycles. The summed E-state index contributed by atoms with van der Waals surface area (Å²) in [4.78, 5) is 31.1. The van der Waals surface area contributed by atoms with Crippen LogP contribution in [0.15, 0.2) is 48.7 Å². The lowest BCUT2D eigenvalue weighted by molar-refractivity contribution is -0.126. The number of halogens is 1. The van der Waals surface area contributed by atoms with Gasteiger partial charge in [0.25, 0.3) is 0 Å². The van der Waals surface area contributed by atoms with E-state index in [2.05, 4.69) is 10.3 Å². The van der Waals surface area contributed by atoms with Crippen molar-refractivity contribution in [2.24, 2.45) is 5.92 Å². The zero-order valence-electron chi connectivity index (χ0n) is 19.2. The molecule has 0 radical (unpaired) electrons. The third-order valence-electron chi connectivity index (χ3n) is 5.98. The third kappa shape index (κ3) is 5.80. The molecular weight excluding hydrogens is 425 g/mol. The number of nitrogens with zero attached hydrogens (tertiary/aromatic N) is 2. The Morgan fingerprint density at radius 2 is 1.82 bits per heavy atom. The van der Waals surface area contributed by atoms with E-state index in [0.717, 1.165) is 5.56 Å². The normalized spacial score (nSPS) is 24.7. The molecule has 2 aromatic rings. The molecule has 1 aliphatic carbocycles. The number of ether oxygens (including phenoxy) is 2. The monoisotopic (exact) mass is 455 g/mol. The summed E-state index contributed by atoms with van der Waals surface area (Å²) in [5, 5.41) is 3.12. The van der Waals surface area contributed by atoms with Gasteiger partial charge in [-0.05, 0) is 38.5 Å². The van der Waals surface area contributed by atoms with Gasteiger partial charge in [0.2, 0.25) is 11.9 Å². The summed E-state index contributed by atoms with van der Waals surface area (Å²) in [6, 6.07) is 12.6. The minimum atomic E-state index is -0.597. The van der Waals surface area contributed by atoms with Crippen LogP contribution in [0.3, 0.4) is 0 Å². The van der Waals surface area contributed by atoms with Crippen molar-refractivity contribution in [1.82, 2.24) is 15.2 Å². The van der Waals surface area contributed by atoms with E-state index < -0.39 is 17.6 Å². The van der Waals surface area contributed by atoms with Crippen LogP contribution in [-0.2, 0) is 9.53 Å². The quantitative estimate of drug-likeness (QED) is 0.692. The fourth-order valence-electron chi connectivity index (χ4n) is 4.30. The van der Waals surface area contributed by atoms with E-state index >= 15 is 0 Å². The van der Waals surface area contributed by atoms with Crippen molar-refractivity contribution >= 4 is 12.0 Å². The summed E-state index contributed by atoms with van der Waals surface area (Å²) in [6.07, 6.45) is 2.25. The van der Waals surface area contributed by atoms with Crippen LogP contribution in [0.4, 0.5) is 9.18 Å². The standard InChI is InChI=1S/C25H30FN3O4/c1-25(2,3)33-24(31)29-14-20(16-7-5-4-6-8-16)21(15-29)23(30)28-17-11-19(12-17)32-18-9-10-22(26)27-13-18/h4-10,13,17,19-21H,11-12,14-15H2,1-3H3,(H,28,30)/t17?,19?,20-,21+/m0/s1. The summed E-state index contributed by atoms with van der Waals surface area (Å²) in [6.45, 7) is 6.24. The first-order chi connectivity index (χ1) is 15.7. The minimum absolute atomic E-state index is 0.00269. The van der Waals surface area contributed by atoms with Gasteiger partial charge in [-0.1, -0.05) is 30.3 Å². The third-order valence-corrected chi connectivity index (χ3v) is 5.98. The van der Waals surface area contributed by atoms with Crippen LogP contribution in [0.2, 0.25) is 0 Å². The fraction of sp³-hybridized carbons (Fsp3) is 0.480. The Morgan fingerprint density at radius 1 is 1.09 bits per heavy atom. The predicted octanol–water partition coefficient (Wildman–Crippen LogP) is 3.90. The summed E-state index contributed by atoms with van der Waals surface area (Å²) in [5.41, 5.74) is 0.433. The van der Waals surface area contributed by atoms with E-state index in [9.17, 15) is 14.0 Å². The fourth-order valence-corrected chi connectivity index (χ4v) is 4.30. The van der Waals surface area contributed by atoms with Crippen molar-refractivity contribution in [2.45, 2.75) is 57.3 Å². The van der Waals surface area contributed by atoms with Crippen molar-refractivity contribution in [1.29, 1.82) is 0 Å². The molecule has 4 rings (SSSR count). The molecule has 0 unspecified atom stereocenters. The molecule has 1 saturated carbocycles. The number of amides is 2. The van der Waals surface area contributed by atoms with Gasteiger partial charge in [0.1, 0.15) is 17.5 Å². The van der Waals surface area contributed by atoms with Crippen LogP contribution in [0.1, 0.15) is 45.1 Å². The summed E-state index contributed by atoms with van der Waals surface area (Å²) < 4.78 is 24.3. The molecule has 2 heterocycles. The Hall–Kier alpha value is -3.16. The number of nitrogens with one attached hydrogen (secondary N) is 1. The lowest BCUT2D eigenvalue weighted by Crippen LogP contribution is -2.51. The maximum Gasteiger partial charge on any atom is 0.410 e. The largest absolute Gasteiger partial charge is 0.489 e. The number of carbonyl (C=O) groups is 2. The van der Waals surface area contributed by atoms with Crippen molar-refractivity contribution in [3.05, 3.63) is 60.2 Å². The topological polar surface area (TPSA) is 80.8 Å². The van der Waals surface area contributed by atoms with Gasteiger partial charge in [-0.25, -0.2) is 9.78 Å². The maximum atomic E-state index is 13.2. The van der Waals surface area contributed by atoms with E-state index in [1.807, 2.05) is 51.1 Å². The van der Waals surface area contributed by atoms with E-state index in [0.29, 0.717) is 31.7 Å². The number of hydrogen-bond acceptors (Lipinski definition) is 5. The molecule has 2 atom stereocenters. The number of hydrogen-bond donors (Lipinski definition) is 1. The average molecular weight is 456 g/mol. The Kier molecular flexibility index (Phi) is 6.54.